The van der Waals surface area contributed by atoms with E-state index >= 15 is 0 Å². The van der Waals surface area contributed by atoms with Gasteiger partial charge >= 0.3 is 18.1 Å². The Hall–Kier alpha value is -1.27. The molecule has 0 aliphatic heterocycles. The van der Waals surface area contributed by atoms with Crippen molar-refractivity contribution in [2.75, 3.05) is 0 Å². The molecule has 4 aliphatic carbocycles. The highest BCUT2D eigenvalue weighted by atomic mass is 19.4. The molecular weight excluding hydrogens is 481 g/mol. The normalized spacial score (nSPS) is 26.2. The Morgan fingerprint density at radius 1 is 0.757 bits per heavy atom. The summed E-state index contributed by atoms with van der Waals surface area (Å²) in [5, 5.41) is 0. The number of halogens is 3. The van der Waals surface area contributed by atoms with Crippen LogP contribution in [0.4, 0.5) is 13.2 Å². The largest absolute Gasteiger partial charge is 0.459 e. The van der Waals surface area contributed by atoms with E-state index in [1.54, 1.807) is 20.8 Å². The molecule has 4 nitrogen and oxygen atoms in total. The Kier molecular flexibility index (Phi) is 17.8. The quantitative estimate of drug-likeness (QED) is 0.313. The molecule has 1 unspecified atom stereocenters. The minimum Gasteiger partial charge on any atom is -0.459 e. The van der Waals surface area contributed by atoms with E-state index in [0.717, 1.165) is 50.4 Å². The first-order valence-electron chi connectivity index (χ1n) is 12.0. The number of esters is 2. The Morgan fingerprint density at radius 2 is 1.08 bits per heavy atom. The summed E-state index contributed by atoms with van der Waals surface area (Å²) in [5.41, 5.74) is -1.25. The van der Waals surface area contributed by atoms with Crippen molar-refractivity contribution in [2.45, 2.75) is 155 Å². The van der Waals surface area contributed by atoms with E-state index < -0.39 is 23.7 Å². The van der Waals surface area contributed by atoms with Gasteiger partial charge in [-0.25, -0.2) is 0 Å². The second kappa shape index (κ2) is 15.4. The molecule has 4 bridgehead atoms. The lowest BCUT2D eigenvalue weighted by molar-refractivity contribution is -0.221. The first kappa shape index (κ1) is 42.8. The highest BCUT2D eigenvalue weighted by molar-refractivity contribution is 5.76. The van der Waals surface area contributed by atoms with Crippen LogP contribution < -0.4 is 0 Å². The predicted molar refractivity (Wildman–Crippen MR) is 150 cm³/mol. The van der Waals surface area contributed by atoms with Crippen LogP contribution in [-0.4, -0.2) is 29.8 Å². The summed E-state index contributed by atoms with van der Waals surface area (Å²) < 4.78 is 46.4. The van der Waals surface area contributed by atoms with Crippen molar-refractivity contribution in [3.05, 3.63) is 0 Å². The summed E-state index contributed by atoms with van der Waals surface area (Å²) in [6.07, 6.45) is 2.39. The van der Waals surface area contributed by atoms with Gasteiger partial charge in [-0.05, 0) is 104 Å². The minimum atomic E-state index is -4.49. The van der Waals surface area contributed by atoms with Crippen LogP contribution in [0.1, 0.15) is 137 Å². The minimum absolute atomic E-state index is 0. The Morgan fingerprint density at radius 3 is 1.38 bits per heavy atom. The smallest absolute Gasteiger partial charge is 0.425 e. The predicted octanol–water partition coefficient (Wildman–Crippen LogP) is 10.0. The molecule has 0 aromatic carbocycles. The summed E-state index contributed by atoms with van der Waals surface area (Å²) in [6.45, 7) is 11.7. The zero-order chi connectivity index (χ0) is 24.5. The summed E-state index contributed by atoms with van der Waals surface area (Å²) >= 11 is 0. The third kappa shape index (κ3) is 10.8. The van der Waals surface area contributed by atoms with Gasteiger partial charge in [0.1, 0.15) is 5.60 Å². The zero-order valence-corrected chi connectivity index (χ0v) is 20.7. The van der Waals surface area contributed by atoms with Gasteiger partial charge < -0.3 is 9.47 Å². The second-order valence-electron chi connectivity index (χ2n) is 11.6. The maximum atomic E-state index is 12.4. The molecule has 0 aromatic heterocycles. The molecule has 7 heteroatoms. The van der Waals surface area contributed by atoms with Crippen molar-refractivity contribution in [2.24, 2.45) is 28.6 Å². The fourth-order valence-electron chi connectivity index (χ4n) is 5.17. The number of carbonyl (C=O) groups is 2. The average molecular weight is 543 g/mol. The third-order valence-electron chi connectivity index (χ3n) is 7.91. The van der Waals surface area contributed by atoms with Crippen LogP contribution in [0.25, 0.3) is 0 Å². The van der Waals surface area contributed by atoms with E-state index in [0.29, 0.717) is 6.42 Å². The number of carbonyl (C=O) groups excluding carboxylic acids is 2. The molecule has 4 rings (SSSR count). The molecule has 0 amide bonds. The number of hydrogen-bond acceptors (Lipinski definition) is 4. The van der Waals surface area contributed by atoms with Crippen LogP contribution in [0.5, 0.6) is 0 Å². The lowest BCUT2D eigenvalue weighted by Crippen LogP contribution is -2.53. The van der Waals surface area contributed by atoms with Crippen LogP contribution in [0, 0.1) is 28.6 Å². The average Bonchev–Trinajstić information content (AvgIpc) is 2.66. The Bertz CT molecular complexity index is 648. The molecular formula is C30H61F3O4. The van der Waals surface area contributed by atoms with Crippen molar-refractivity contribution in [1.29, 1.82) is 0 Å². The van der Waals surface area contributed by atoms with Gasteiger partial charge in [-0.2, -0.15) is 13.2 Å². The molecule has 0 spiro atoms. The highest BCUT2D eigenvalue weighted by Gasteiger charge is 2.54. The van der Waals surface area contributed by atoms with Gasteiger partial charge in [0, 0.05) is 0 Å². The first-order valence-corrected chi connectivity index (χ1v) is 12.0. The van der Waals surface area contributed by atoms with E-state index in [1.807, 2.05) is 13.8 Å². The third-order valence-corrected chi connectivity index (χ3v) is 7.91. The maximum absolute atomic E-state index is 12.4. The number of ether oxygens (including phenoxy) is 2. The molecule has 0 heterocycles. The van der Waals surface area contributed by atoms with Crippen molar-refractivity contribution in [3.63, 3.8) is 0 Å². The first-order chi connectivity index (χ1) is 14.5. The lowest BCUT2D eigenvalue weighted by atomic mass is 9.54. The highest BCUT2D eigenvalue weighted by Crippen LogP contribution is 2.57. The van der Waals surface area contributed by atoms with E-state index in [4.69, 9.17) is 4.74 Å². The van der Waals surface area contributed by atoms with Crippen molar-refractivity contribution in [3.8, 4) is 0 Å². The SMILES string of the molecule is C.C.C.C.C.CCC(C)(C)C(=O)OC(C)C(F)(F)F.CCC(C)(C)C(=O)OC12CC3CC(CC(C3)C1)C2. The van der Waals surface area contributed by atoms with Gasteiger partial charge in [-0.1, -0.05) is 51.0 Å². The molecule has 0 saturated heterocycles. The molecule has 0 aromatic rings. The molecule has 0 radical (unpaired) electrons. The van der Waals surface area contributed by atoms with Crippen molar-refractivity contribution < 1.29 is 32.2 Å². The summed E-state index contributed by atoms with van der Waals surface area (Å²) in [5.74, 6) is 1.74. The van der Waals surface area contributed by atoms with E-state index in [1.165, 1.54) is 19.3 Å². The zero-order valence-electron chi connectivity index (χ0n) is 20.7. The molecule has 0 N–H and O–H groups in total. The number of rotatable bonds is 6. The molecule has 1 atom stereocenters. The van der Waals surface area contributed by atoms with Crippen LogP contribution in [0.3, 0.4) is 0 Å². The molecule has 4 saturated carbocycles. The van der Waals surface area contributed by atoms with Crippen LogP contribution in [0.15, 0.2) is 0 Å². The fourth-order valence-corrected chi connectivity index (χ4v) is 5.17. The Labute approximate surface area is 227 Å². The Balaban J connectivity index is -0.000000267. The van der Waals surface area contributed by atoms with Crippen molar-refractivity contribution >= 4 is 11.9 Å². The maximum Gasteiger partial charge on any atom is 0.425 e. The summed E-state index contributed by atoms with van der Waals surface area (Å²) in [7, 11) is 0. The van der Waals surface area contributed by atoms with Gasteiger partial charge in [0.15, 0.2) is 6.10 Å². The van der Waals surface area contributed by atoms with Crippen LogP contribution in [-0.2, 0) is 19.1 Å². The van der Waals surface area contributed by atoms with Gasteiger partial charge in [0.25, 0.3) is 0 Å². The van der Waals surface area contributed by atoms with Crippen molar-refractivity contribution in [1.82, 2.24) is 0 Å². The van der Waals surface area contributed by atoms with Gasteiger partial charge in [-0.3, -0.25) is 9.59 Å². The van der Waals surface area contributed by atoms with Crippen LogP contribution >= 0.6 is 0 Å². The number of hydrogen-bond donors (Lipinski definition) is 0. The van der Waals surface area contributed by atoms with E-state index in [2.05, 4.69) is 11.7 Å². The molecule has 37 heavy (non-hydrogen) atoms. The lowest BCUT2D eigenvalue weighted by Gasteiger charge is -2.56. The standard InChI is InChI=1S/C16H26O2.C9H15F3O2.5CH4/c1-4-15(2,3)14(17)18-16-8-11-5-12(9-16)7-13(6-11)10-16;1-5-8(3,4)7(13)14-6(2)9(10,11)12;;;;;/h11-13H,4-10H2,1-3H3;6H,5H2,1-4H3;5*1H4. The van der Waals surface area contributed by atoms with Gasteiger partial charge in [0.2, 0.25) is 0 Å². The van der Waals surface area contributed by atoms with Gasteiger partial charge in [0.05, 0.1) is 10.8 Å². The molecule has 4 aliphatic rings. The van der Waals surface area contributed by atoms with E-state index in [9.17, 15) is 22.8 Å². The molecule has 226 valence electrons. The summed E-state index contributed by atoms with van der Waals surface area (Å²) in [6, 6.07) is 0. The fraction of sp³-hybridized carbons (Fsp3) is 0.933. The molecule has 4 fully saturated rings. The second-order valence-corrected chi connectivity index (χ2v) is 11.6. The monoisotopic (exact) mass is 542 g/mol. The van der Waals surface area contributed by atoms with Crippen LogP contribution in [0.2, 0.25) is 0 Å². The topological polar surface area (TPSA) is 52.6 Å². The summed E-state index contributed by atoms with van der Waals surface area (Å²) in [4.78, 5) is 23.6. The van der Waals surface area contributed by atoms with Gasteiger partial charge in [-0.15, -0.1) is 0 Å². The van der Waals surface area contributed by atoms with E-state index in [-0.39, 0.29) is 54.1 Å². The number of alkyl halides is 3.